The topological polar surface area (TPSA) is 90.0 Å². The van der Waals surface area contributed by atoms with Crippen LogP contribution in [0.2, 0.25) is 0 Å². The number of anilines is 1. The number of fused-ring (bicyclic) bond motifs is 1. The van der Waals surface area contributed by atoms with Crippen LogP contribution in [0.15, 0.2) is 6.07 Å². The number of piperazine rings is 1. The van der Waals surface area contributed by atoms with Gasteiger partial charge in [-0.05, 0) is 33.3 Å². The zero-order chi connectivity index (χ0) is 29.8. The number of rotatable bonds is 2. The largest absolute Gasteiger partial charge is 0.364 e. The van der Waals surface area contributed by atoms with Gasteiger partial charge in [0, 0.05) is 43.4 Å². The molecule has 8 nitrogen and oxygen atoms in total. The molecule has 0 radical (unpaired) electrons. The molecule has 3 aliphatic heterocycles. The van der Waals surface area contributed by atoms with Gasteiger partial charge >= 0.3 is 0 Å². The van der Waals surface area contributed by atoms with Gasteiger partial charge < -0.3 is 4.90 Å². The summed E-state index contributed by atoms with van der Waals surface area (Å²) >= 11 is 0. The van der Waals surface area contributed by atoms with E-state index in [-0.39, 0.29) is 17.7 Å². The summed E-state index contributed by atoms with van der Waals surface area (Å²) in [6, 6.07) is -1.22. The van der Waals surface area contributed by atoms with Crippen LogP contribution in [0.4, 0.5) is 14.5 Å². The fourth-order valence-electron chi connectivity index (χ4n) is 3.45. The average molecular weight is 442 g/mol. The molecule has 4 rings (SSSR count). The highest BCUT2D eigenvalue weighted by atomic mass is 19.1. The Balaban J connectivity index is 1.93. The number of amides is 4. The quantitative estimate of drug-likeness (QED) is 0.695. The van der Waals surface area contributed by atoms with Crippen LogP contribution in [-0.2, 0) is 9.59 Å². The summed E-state index contributed by atoms with van der Waals surface area (Å²) in [5, 5.41) is 1.93. The minimum absolute atomic E-state index is 0.255. The van der Waals surface area contributed by atoms with Crippen molar-refractivity contribution in [2.24, 2.45) is 0 Å². The van der Waals surface area contributed by atoms with E-state index < -0.39 is 89.6 Å². The number of hydrogen-bond acceptors (Lipinski definition) is 6. The summed E-state index contributed by atoms with van der Waals surface area (Å²) in [5.41, 5.74) is -5.13. The monoisotopic (exact) mass is 442 g/mol. The molecule has 2 saturated heterocycles. The van der Waals surface area contributed by atoms with Gasteiger partial charge in [0.25, 0.3) is 11.8 Å². The molecule has 1 aromatic rings. The number of hydrogen-bond donors (Lipinski definition) is 1. The van der Waals surface area contributed by atoms with Crippen LogP contribution in [0.3, 0.4) is 0 Å². The van der Waals surface area contributed by atoms with E-state index in [1.807, 2.05) is 5.32 Å². The number of carbonyl (C=O) groups is 4. The summed E-state index contributed by atoms with van der Waals surface area (Å²) in [5.74, 6) is -8.15. The van der Waals surface area contributed by atoms with E-state index in [1.54, 1.807) is 0 Å². The van der Waals surface area contributed by atoms with Gasteiger partial charge in [0.2, 0.25) is 11.8 Å². The molecule has 1 atom stereocenters. The van der Waals surface area contributed by atoms with Crippen molar-refractivity contribution >= 4 is 29.3 Å². The Hall–Kier alpha value is -2.88. The van der Waals surface area contributed by atoms with Gasteiger partial charge in [-0.1, -0.05) is 0 Å². The zero-order valence-electron chi connectivity index (χ0n) is 24.8. The first kappa shape index (κ1) is 13.5. The Kier molecular flexibility index (Phi) is 3.21. The van der Waals surface area contributed by atoms with Crippen LogP contribution in [0.5, 0.6) is 0 Å². The van der Waals surface area contributed by atoms with Crippen molar-refractivity contribution in [1.29, 1.82) is 0 Å². The van der Waals surface area contributed by atoms with Gasteiger partial charge in [-0.3, -0.25) is 34.3 Å². The predicted molar refractivity (Wildman–Crippen MR) is 107 cm³/mol. The second kappa shape index (κ2) is 7.37. The van der Waals surface area contributed by atoms with Gasteiger partial charge in [-0.25, -0.2) is 8.78 Å². The Morgan fingerprint density at radius 2 is 1.71 bits per heavy atom. The molecule has 0 unspecified atom stereocenters. The van der Waals surface area contributed by atoms with Gasteiger partial charge in [-0.2, -0.15) is 0 Å². The van der Waals surface area contributed by atoms with Gasteiger partial charge in [-0.15, -0.1) is 0 Å². The second-order valence-electron chi connectivity index (χ2n) is 8.18. The standard InChI is InChI=1S/C21H24F2N4O4/c1-21(2,3)26-8-6-25(7-9-26)17-12(22)10-11-15(16(17)23)20(31)27(19(11)30)13-4-5-14(28)24-18(13)29/h10,13H,4-9H2,1-3H3,(H,24,28,29)/t13-/m0/s1/i6D2,7D2,8D2,9D2. The van der Waals surface area contributed by atoms with E-state index in [1.165, 1.54) is 20.8 Å². The lowest BCUT2D eigenvalue weighted by atomic mass is 10.0. The SMILES string of the molecule is [2H]C1([2H])N(c2c(F)cc3c(c2F)C(=O)N([C@H]2CCC(=O)NC2=O)C3=O)C([2H])([2H])C([2H])([2H])N(C(C)(C)C)C1([2H])[2H]. The molecule has 2 fully saturated rings. The third kappa shape index (κ3) is 3.48. The molecule has 0 aliphatic carbocycles. The van der Waals surface area contributed by atoms with Gasteiger partial charge in [0.05, 0.1) is 16.6 Å². The van der Waals surface area contributed by atoms with Crippen LogP contribution in [0, 0.1) is 11.6 Å². The number of nitrogens with one attached hydrogen (secondary N) is 1. The lowest BCUT2D eigenvalue weighted by Crippen LogP contribution is -2.54. The molecule has 166 valence electrons. The minimum Gasteiger partial charge on any atom is -0.364 e. The maximum atomic E-state index is 16.0. The summed E-state index contributed by atoms with van der Waals surface area (Å²) < 4.78 is 99.3. The number of piperidine rings is 1. The third-order valence-electron chi connectivity index (χ3n) is 5.04. The lowest BCUT2D eigenvalue weighted by molar-refractivity contribution is -0.136. The average Bonchev–Trinajstić information content (AvgIpc) is 2.98. The Labute approximate surface area is 189 Å². The normalized spacial score (nSPS) is 33.1. The van der Waals surface area contributed by atoms with Crippen LogP contribution in [-0.4, -0.2) is 71.0 Å². The minimum atomic E-state index is -3.65. The molecule has 0 aromatic heterocycles. The fraction of sp³-hybridized carbons (Fsp3) is 0.524. The second-order valence-corrected chi connectivity index (χ2v) is 8.18. The Bertz CT molecular complexity index is 1310. The third-order valence-corrected chi connectivity index (χ3v) is 5.04. The Morgan fingerprint density at radius 1 is 1.06 bits per heavy atom. The number of halogens is 2. The smallest absolute Gasteiger partial charge is 0.265 e. The van der Waals surface area contributed by atoms with Crippen molar-refractivity contribution in [3.63, 3.8) is 0 Å². The molecule has 0 bridgehead atoms. The van der Waals surface area contributed by atoms with Crippen LogP contribution >= 0.6 is 0 Å². The van der Waals surface area contributed by atoms with E-state index >= 15 is 8.78 Å². The van der Waals surface area contributed by atoms with Crippen molar-refractivity contribution < 1.29 is 38.9 Å². The van der Waals surface area contributed by atoms with Crippen molar-refractivity contribution in [2.45, 2.75) is 45.2 Å². The molecule has 1 N–H and O–H groups in total. The van der Waals surface area contributed by atoms with E-state index in [4.69, 9.17) is 11.0 Å². The molecular weight excluding hydrogens is 410 g/mol. The summed E-state index contributed by atoms with van der Waals surface area (Å²) in [6.45, 7) is -10.2. The number of benzene rings is 1. The molecule has 0 saturated carbocycles. The first-order valence-corrected chi connectivity index (χ1v) is 9.37. The van der Waals surface area contributed by atoms with Crippen LogP contribution in [0.25, 0.3) is 0 Å². The first-order chi connectivity index (χ1) is 17.5. The number of nitrogens with zero attached hydrogens (tertiary/aromatic N) is 3. The van der Waals surface area contributed by atoms with Crippen LogP contribution < -0.4 is 10.2 Å². The number of carbonyl (C=O) groups excluding carboxylic acids is 4. The van der Waals surface area contributed by atoms with Crippen molar-refractivity contribution in [2.75, 3.05) is 30.9 Å². The molecule has 0 spiro atoms. The molecule has 3 heterocycles. The van der Waals surface area contributed by atoms with E-state index in [2.05, 4.69) is 0 Å². The van der Waals surface area contributed by atoms with Crippen molar-refractivity contribution in [3.05, 3.63) is 28.8 Å². The van der Waals surface area contributed by atoms with Gasteiger partial charge in [0.1, 0.15) is 17.5 Å². The lowest BCUT2D eigenvalue weighted by Gasteiger charge is -2.43. The maximum Gasteiger partial charge on any atom is 0.265 e. The van der Waals surface area contributed by atoms with E-state index in [9.17, 15) is 19.2 Å². The Morgan fingerprint density at radius 3 is 2.29 bits per heavy atom. The van der Waals surface area contributed by atoms with E-state index in [0.29, 0.717) is 15.9 Å². The molecule has 4 amide bonds. The molecular formula is C21H24F2N4O4. The summed E-state index contributed by atoms with van der Waals surface area (Å²) in [6.07, 6.45) is -0.554. The molecule has 3 aliphatic rings. The van der Waals surface area contributed by atoms with Crippen LogP contribution in [0.1, 0.15) is 65.3 Å². The molecule has 31 heavy (non-hydrogen) atoms. The highest BCUT2D eigenvalue weighted by molar-refractivity contribution is 6.24. The van der Waals surface area contributed by atoms with Crippen molar-refractivity contribution in [1.82, 2.24) is 15.1 Å². The van der Waals surface area contributed by atoms with Crippen molar-refractivity contribution in [3.8, 4) is 0 Å². The summed E-state index contributed by atoms with van der Waals surface area (Å²) in [4.78, 5) is 50.1. The van der Waals surface area contributed by atoms with E-state index in [0.717, 1.165) is 0 Å². The highest BCUT2D eigenvalue weighted by Crippen LogP contribution is 2.36. The molecule has 10 heteroatoms. The maximum absolute atomic E-state index is 16.0. The predicted octanol–water partition coefficient (Wildman–Crippen LogP) is 1.29. The first-order valence-electron chi connectivity index (χ1n) is 13.4. The fourth-order valence-corrected chi connectivity index (χ4v) is 3.45. The zero-order valence-corrected chi connectivity index (χ0v) is 16.8. The van der Waals surface area contributed by atoms with Gasteiger partial charge in [0.15, 0.2) is 5.82 Å². The summed E-state index contributed by atoms with van der Waals surface area (Å²) in [7, 11) is 0. The molecule has 1 aromatic carbocycles. The highest BCUT2D eigenvalue weighted by Gasteiger charge is 2.47. The number of imide groups is 2.